The Morgan fingerprint density at radius 3 is 1.18 bits per heavy atom. The number of ether oxygens (including phenoxy) is 2. The summed E-state index contributed by atoms with van der Waals surface area (Å²) in [5.74, 6) is 3.63. The number of hydrogen-bond acceptors (Lipinski definition) is 4. The van der Waals surface area contributed by atoms with Gasteiger partial charge in [-0.1, -0.05) is 0 Å². The van der Waals surface area contributed by atoms with Crippen LogP contribution in [0.15, 0.2) is 48.5 Å². The van der Waals surface area contributed by atoms with Crippen molar-refractivity contribution in [2.45, 2.75) is 61.1 Å². The highest BCUT2D eigenvalue weighted by Crippen LogP contribution is 2.41. The molecule has 49 heavy (non-hydrogen) atoms. The minimum atomic E-state index is 0.194. The van der Waals surface area contributed by atoms with Crippen LogP contribution in [0, 0.1) is 41.5 Å². The molecular weight excluding hydrogens is 698 g/mol. The fourth-order valence-electron chi connectivity index (χ4n) is 7.22. The monoisotopic (exact) mass is 738 g/mol. The Bertz CT molecular complexity index is 1950. The highest BCUT2D eigenvalue weighted by atomic mass is 35.5. The molecule has 10 heteroatoms. The minimum absolute atomic E-state index is 0.194. The molecular formula is C39H42Cl4N4O2. The molecule has 1 aliphatic heterocycles. The van der Waals surface area contributed by atoms with Crippen LogP contribution in [0.4, 0.5) is 0 Å². The van der Waals surface area contributed by atoms with Gasteiger partial charge in [0.15, 0.2) is 11.6 Å². The van der Waals surface area contributed by atoms with Crippen molar-refractivity contribution >= 4 is 68.5 Å². The molecule has 3 heterocycles. The molecule has 6 aromatic rings. The van der Waals surface area contributed by atoms with Crippen molar-refractivity contribution in [1.29, 1.82) is 0 Å². The molecule has 0 saturated carbocycles. The average Bonchev–Trinajstić information content (AvgIpc) is 3.53. The van der Waals surface area contributed by atoms with E-state index in [1.807, 2.05) is 0 Å². The molecule has 0 unspecified atom stereocenters. The fourth-order valence-corrected chi connectivity index (χ4v) is 7.22. The second-order valence-electron chi connectivity index (χ2n) is 12.4. The number of aromatic nitrogens is 4. The zero-order chi connectivity index (χ0) is 35.6. The van der Waals surface area contributed by atoms with Gasteiger partial charge in [0.2, 0.25) is 0 Å². The number of rotatable bonds is 4. The molecule has 0 saturated heterocycles. The van der Waals surface area contributed by atoms with E-state index in [-0.39, 0.29) is 10.7 Å². The van der Waals surface area contributed by atoms with Gasteiger partial charge in [0.25, 0.3) is 0 Å². The lowest BCUT2D eigenvalue weighted by Crippen LogP contribution is -2.00. The molecule has 1 aliphatic rings. The maximum atomic E-state index is 5.57. The maximum Gasteiger partial charge on any atom is 0.177 e. The molecule has 258 valence electrons. The van der Waals surface area contributed by atoms with E-state index >= 15 is 0 Å². The van der Waals surface area contributed by atoms with Crippen LogP contribution >= 0.6 is 46.4 Å². The predicted molar refractivity (Wildman–Crippen MR) is 209 cm³/mol. The van der Waals surface area contributed by atoms with E-state index in [4.69, 9.17) is 65.8 Å². The smallest absolute Gasteiger partial charge is 0.177 e. The molecule has 0 amide bonds. The number of hydrogen-bond donors (Lipinski definition) is 0. The SMILES string of the molecule is COc1cc(C)c(-c2cc(C)cc3c2nc2n3CCCn3c-2nc2c(-c4c(C)cc(OC)cc4C)cc(C)cc23)c(C)c1.ClCCl.ClCCl. The summed E-state index contributed by atoms with van der Waals surface area (Å²) in [6.45, 7) is 14.8. The van der Waals surface area contributed by atoms with Crippen molar-refractivity contribution < 1.29 is 9.47 Å². The molecule has 0 fully saturated rings. The van der Waals surface area contributed by atoms with Gasteiger partial charge >= 0.3 is 0 Å². The van der Waals surface area contributed by atoms with Crippen LogP contribution in [0.1, 0.15) is 39.8 Å². The van der Waals surface area contributed by atoms with E-state index in [1.165, 1.54) is 55.5 Å². The van der Waals surface area contributed by atoms with E-state index < -0.39 is 0 Å². The largest absolute Gasteiger partial charge is 0.497 e. The fraction of sp³-hybridized carbons (Fsp3) is 0.333. The van der Waals surface area contributed by atoms with Crippen LogP contribution < -0.4 is 9.47 Å². The van der Waals surface area contributed by atoms with Crippen molar-refractivity contribution in [3.05, 3.63) is 81.9 Å². The molecule has 7 rings (SSSR count). The first-order valence-corrected chi connectivity index (χ1v) is 18.2. The normalized spacial score (nSPS) is 12.0. The molecule has 0 radical (unpaired) electrons. The summed E-state index contributed by atoms with van der Waals surface area (Å²) >= 11 is 19.1. The zero-order valence-corrected chi connectivity index (χ0v) is 32.3. The van der Waals surface area contributed by atoms with Gasteiger partial charge in [-0.05, 0) is 141 Å². The Labute approximate surface area is 308 Å². The minimum Gasteiger partial charge on any atom is -0.497 e. The summed E-state index contributed by atoms with van der Waals surface area (Å²) in [6.07, 6.45) is 1.00. The van der Waals surface area contributed by atoms with Gasteiger partial charge in [-0.2, -0.15) is 0 Å². The highest BCUT2D eigenvalue weighted by molar-refractivity contribution is 6.41. The van der Waals surface area contributed by atoms with Crippen LogP contribution in [0.2, 0.25) is 0 Å². The quantitative estimate of drug-likeness (QED) is 0.169. The van der Waals surface area contributed by atoms with E-state index in [0.717, 1.165) is 64.8 Å². The summed E-state index contributed by atoms with van der Waals surface area (Å²) in [6, 6.07) is 17.6. The van der Waals surface area contributed by atoms with E-state index in [2.05, 4.69) is 99.2 Å². The Morgan fingerprint density at radius 1 is 0.551 bits per heavy atom. The third-order valence-electron chi connectivity index (χ3n) is 8.98. The van der Waals surface area contributed by atoms with E-state index in [9.17, 15) is 0 Å². The summed E-state index contributed by atoms with van der Waals surface area (Å²) < 4.78 is 15.9. The predicted octanol–water partition coefficient (Wildman–Crippen LogP) is 11.5. The summed E-state index contributed by atoms with van der Waals surface area (Å²) in [5.41, 5.74) is 16.3. The van der Waals surface area contributed by atoms with Crippen molar-refractivity contribution in [3.63, 3.8) is 0 Å². The number of methoxy groups -OCH3 is 2. The first-order chi connectivity index (χ1) is 23.5. The topological polar surface area (TPSA) is 54.1 Å². The first kappa shape index (κ1) is 36.9. The second kappa shape index (κ2) is 15.6. The molecule has 0 bridgehead atoms. The summed E-state index contributed by atoms with van der Waals surface area (Å²) in [5, 5.41) is 0.389. The van der Waals surface area contributed by atoms with Crippen LogP contribution in [-0.2, 0) is 13.1 Å². The summed E-state index contributed by atoms with van der Waals surface area (Å²) in [7, 11) is 3.45. The van der Waals surface area contributed by atoms with Gasteiger partial charge in [-0.3, -0.25) is 0 Å². The van der Waals surface area contributed by atoms with Gasteiger partial charge in [-0.15, -0.1) is 46.4 Å². The Balaban J connectivity index is 0.000000729. The molecule has 2 aromatic heterocycles. The van der Waals surface area contributed by atoms with E-state index in [0.29, 0.717) is 0 Å². The number of aryl methyl sites for hydroxylation is 8. The van der Waals surface area contributed by atoms with Gasteiger partial charge in [0.05, 0.1) is 47.0 Å². The van der Waals surface area contributed by atoms with E-state index in [1.54, 1.807) is 14.2 Å². The molecule has 0 atom stereocenters. The van der Waals surface area contributed by atoms with Gasteiger partial charge in [-0.25, -0.2) is 9.97 Å². The standard InChI is InChI=1S/C37H38N4O2.2CH2Cl2/c1-20-12-28(32-22(3)16-26(42-7)17-23(32)4)34-30(14-20)40-10-9-11-41-31-15-21(2)13-29(35(31)39-37(41)36(40)38-34)33-24(5)18-27(43-8)19-25(33)6;2*2-1-3/h12-19H,9-11H2,1-8H3;2*1H2. The lowest BCUT2D eigenvalue weighted by molar-refractivity contribution is 0.414. The number of nitrogens with zero attached hydrogens (tertiary/aromatic N) is 4. The Morgan fingerprint density at radius 2 is 0.878 bits per heavy atom. The number of imidazole rings is 2. The van der Waals surface area contributed by atoms with Gasteiger partial charge in [0.1, 0.15) is 11.5 Å². The van der Waals surface area contributed by atoms with Gasteiger partial charge < -0.3 is 18.6 Å². The average molecular weight is 741 g/mol. The van der Waals surface area contributed by atoms with Crippen molar-refractivity contribution in [3.8, 4) is 45.4 Å². The van der Waals surface area contributed by atoms with Gasteiger partial charge in [0, 0.05) is 24.2 Å². The zero-order valence-electron chi connectivity index (χ0n) is 29.3. The number of alkyl halides is 4. The third-order valence-corrected chi connectivity index (χ3v) is 8.98. The summed E-state index contributed by atoms with van der Waals surface area (Å²) in [4.78, 5) is 10.8. The lowest BCUT2D eigenvalue weighted by Gasteiger charge is -2.14. The van der Waals surface area contributed by atoms with Crippen LogP contribution in [0.5, 0.6) is 11.5 Å². The third kappa shape index (κ3) is 7.12. The van der Waals surface area contributed by atoms with Crippen LogP contribution in [-0.4, -0.2) is 44.0 Å². The molecule has 0 spiro atoms. The molecule has 0 N–H and O–H groups in total. The lowest BCUT2D eigenvalue weighted by atomic mass is 9.93. The Hall–Kier alpha value is -3.42. The van der Waals surface area contributed by atoms with Crippen molar-refractivity contribution in [1.82, 2.24) is 19.1 Å². The first-order valence-electron chi connectivity index (χ1n) is 16.1. The van der Waals surface area contributed by atoms with Crippen molar-refractivity contribution in [2.24, 2.45) is 0 Å². The van der Waals surface area contributed by atoms with Crippen LogP contribution in [0.25, 0.3) is 56.0 Å². The molecule has 4 aromatic carbocycles. The number of halogens is 4. The number of benzene rings is 4. The van der Waals surface area contributed by atoms with Crippen molar-refractivity contribution in [2.75, 3.05) is 24.9 Å². The van der Waals surface area contributed by atoms with Crippen LogP contribution in [0.3, 0.4) is 0 Å². The highest BCUT2D eigenvalue weighted by Gasteiger charge is 2.27. The maximum absolute atomic E-state index is 5.57. The Kier molecular flexibility index (Phi) is 11.8. The molecule has 0 aliphatic carbocycles. The second-order valence-corrected chi connectivity index (χ2v) is 14.0. The number of fused-ring (bicyclic) bond motifs is 7. The molecule has 6 nitrogen and oxygen atoms in total.